The molecule has 4 aromatic carbocycles. The first-order valence-electron chi connectivity index (χ1n) is 12.9. The molecule has 0 N–H and O–H groups in total. The van der Waals surface area contributed by atoms with E-state index in [2.05, 4.69) is 4.57 Å². The van der Waals surface area contributed by atoms with E-state index >= 15 is 0 Å². The van der Waals surface area contributed by atoms with Crippen LogP contribution in [0.15, 0.2) is 108 Å². The lowest BCUT2D eigenvalue weighted by molar-refractivity contribution is -0.140. The highest BCUT2D eigenvalue weighted by Crippen LogP contribution is 2.33. The topological polar surface area (TPSA) is 81.5 Å². The maximum Gasteiger partial charge on any atom is 0.305 e. The molecule has 0 aliphatic carbocycles. The van der Waals surface area contributed by atoms with Gasteiger partial charge in [-0.05, 0) is 67.4 Å². The van der Waals surface area contributed by atoms with Crippen LogP contribution in [0.3, 0.4) is 0 Å². The van der Waals surface area contributed by atoms with E-state index < -0.39 is 10.0 Å². The van der Waals surface area contributed by atoms with Crippen molar-refractivity contribution in [3.05, 3.63) is 108 Å². The Morgan fingerprint density at radius 1 is 0.900 bits per heavy atom. The van der Waals surface area contributed by atoms with Crippen LogP contribution >= 0.6 is 11.6 Å². The number of rotatable bonds is 10. The molecule has 5 aromatic rings. The molecule has 40 heavy (non-hydrogen) atoms. The van der Waals surface area contributed by atoms with Crippen molar-refractivity contribution < 1.29 is 17.9 Å². The van der Waals surface area contributed by atoms with Crippen LogP contribution in [0, 0.1) is 0 Å². The second-order valence-electron chi connectivity index (χ2n) is 9.21. The molecular formula is C31H28ClN3O4S. The molecule has 204 valence electrons. The minimum Gasteiger partial charge on any atom is -0.469 e. The molecule has 7 nitrogen and oxygen atoms in total. The summed E-state index contributed by atoms with van der Waals surface area (Å²) in [7, 11) is -2.59. The van der Waals surface area contributed by atoms with E-state index in [1.165, 1.54) is 23.5 Å². The van der Waals surface area contributed by atoms with Gasteiger partial charge in [-0.2, -0.15) is 0 Å². The SMILES string of the molecule is COC(=O)CCCCN(c1ccc2c(c1)nc(-c1ccccc1)n2-c1ccccc1)S(=O)(=O)c1ccc(Cl)cc1. The summed E-state index contributed by atoms with van der Waals surface area (Å²) in [6.07, 6.45) is 1.17. The smallest absolute Gasteiger partial charge is 0.305 e. The number of hydrogen-bond acceptors (Lipinski definition) is 5. The molecule has 0 spiro atoms. The second-order valence-corrected chi connectivity index (χ2v) is 11.5. The average molecular weight is 574 g/mol. The van der Waals surface area contributed by atoms with Gasteiger partial charge in [-0.3, -0.25) is 13.7 Å². The number of methoxy groups -OCH3 is 1. The highest BCUT2D eigenvalue weighted by Gasteiger charge is 2.26. The van der Waals surface area contributed by atoms with Gasteiger partial charge >= 0.3 is 5.97 Å². The standard InChI is InChI=1S/C31H28ClN3O4S/c1-39-30(36)14-8-9-21-34(40(37,38)27-18-15-24(32)16-19-27)26-17-20-29-28(22-26)33-31(23-10-4-2-5-11-23)35(29)25-12-6-3-7-13-25/h2-7,10-13,15-20,22H,8-9,14,21H2,1H3. The van der Waals surface area contributed by atoms with Gasteiger partial charge in [0.1, 0.15) is 5.82 Å². The van der Waals surface area contributed by atoms with Crippen LogP contribution < -0.4 is 4.31 Å². The van der Waals surface area contributed by atoms with Crippen molar-refractivity contribution in [1.29, 1.82) is 0 Å². The van der Waals surface area contributed by atoms with E-state index in [1.54, 1.807) is 24.3 Å². The third kappa shape index (κ3) is 5.73. The molecule has 0 aliphatic heterocycles. The maximum atomic E-state index is 13.8. The predicted octanol–water partition coefficient (Wildman–Crippen LogP) is 6.88. The number of halogens is 1. The summed E-state index contributed by atoms with van der Waals surface area (Å²) in [6, 6.07) is 31.4. The van der Waals surface area contributed by atoms with Gasteiger partial charge in [-0.25, -0.2) is 13.4 Å². The van der Waals surface area contributed by atoms with Crippen molar-refractivity contribution in [3.8, 4) is 17.1 Å². The minimum atomic E-state index is -3.93. The Morgan fingerprint density at radius 3 is 2.25 bits per heavy atom. The fourth-order valence-electron chi connectivity index (χ4n) is 4.59. The van der Waals surface area contributed by atoms with Gasteiger partial charge in [-0.15, -0.1) is 0 Å². The van der Waals surface area contributed by atoms with Crippen LogP contribution in [0.4, 0.5) is 5.69 Å². The van der Waals surface area contributed by atoms with Crippen molar-refractivity contribution in [2.75, 3.05) is 18.0 Å². The summed E-state index contributed by atoms with van der Waals surface area (Å²) >= 11 is 6.02. The number of esters is 1. The lowest BCUT2D eigenvalue weighted by atomic mass is 10.2. The lowest BCUT2D eigenvalue weighted by Crippen LogP contribution is -2.32. The van der Waals surface area contributed by atoms with Crippen molar-refractivity contribution >= 4 is 44.3 Å². The summed E-state index contributed by atoms with van der Waals surface area (Å²) in [4.78, 5) is 16.7. The van der Waals surface area contributed by atoms with Gasteiger partial charge in [-0.1, -0.05) is 60.1 Å². The molecule has 0 radical (unpaired) electrons. The summed E-state index contributed by atoms with van der Waals surface area (Å²) in [6.45, 7) is 0.179. The van der Waals surface area contributed by atoms with Crippen LogP contribution in [-0.2, 0) is 19.6 Å². The van der Waals surface area contributed by atoms with Crippen LogP contribution in [0.25, 0.3) is 28.1 Å². The number of nitrogens with zero attached hydrogens (tertiary/aromatic N) is 3. The van der Waals surface area contributed by atoms with Gasteiger partial charge < -0.3 is 4.74 Å². The summed E-state index contributed by atoms with van der Waals surface area (Å²) in [5, 5.41) is 0.449. The van der Waals surface area contributed by atoms with Crippen LogP contribution in [0.5, 0.6) is 0 Å². The van der Waals surface area contributed by atoms with Crippen molar-refractivity contribution in [2.24, 2.45) is 0 Å². The quantitative estimate of drug-likeness (QED) is 0.134. The lowest BCUT2D eigenvalue weighted by Gasteiger charge is -2.25. The number of imidazole rings is 1. The number of ether oxygens (including phenoxy) is 1. The third-order valence-electron chi connectivity index (χ3n) is 6.59. The second kappa shape index (κ2) is 11.9. The molecule has 1 heterocycles. The zero-order chi connectivity index (χ0) is 28.1. The Hall–Kier alpha value is -4.14. The number of para-hydroxylation sites is 1. The number of anilines is 1. The van der Waals surface area contributed by atoms with Crippen molar-refractivity contribution in [3.63, 3.8) is 0 Å². The van der Waals surface area contributed by atoms with E-state index in [9.17, 15) is 13.2 Å². The molecule has 5 rings (SSSR count). The molecule has 0 fully saturated rings. The normalized spacial score (nSPS) is 11.4. The summed E-state index contributed by atoms with van der Waals surface area (Å²) in [5.74, 6) is 0.428. The zero-order valence-electron chi connectivity index (χ0n) is 21.9. The number of benzene rings is 4. The highest BCUT2D eigenvalue weighted by molar-refractivity contribution is 7.92. The van der Waals surface area contributed by atoms with Gasteiger partial charge in [0.05, 0.1) is 28.7 Å². The molecule has 0 unspecified atom stereocenters. The zero-order valence-corrected chi connectivity index (χ0v) is 23.5. The number of fused-ring (bicyclic) bond motifs is 1. The number of hydrogen-bond donors (Lipinski definition) is 0. The average Bonchev–Trinajstić information content (AvgIpc) is 3.37. The Bertz CT molecular complexity index is 1720. The van der Waals surface area contributed by atoms with Gasteiger partial charge in [0.2, 0.25) is 0 Å². The van der Waals surface area contributed by atoms with Gasteiger partial charge in [0.25, 0.3) is 10.0 Å². The first kappa shape index (κ1) is 27.4. The molecule has 0 atom stereocenters. The molecule has 9 heteroatoms. The Morgan fingerprint density at radius 2 is 1.57 bits per heavy atom. The first-order chi connectivity index (χ1) is 19.4. The molecule has 0 bridgehead atoms. The Kier molecular flexibility index (Phi) is 8.19. The highest BCUT2D eigenvalue weighted by atomic mass is 35.5. The number of aromatic nitrogens is 2. The van der Waals surface area contributed by atoms with Crippen LogP contribution in [-0.4, -0.2) is 37.6 Å². The fourth-order valence-corrected chi connectivity index (χ4v) is 6.21. The third-order valence-corrected chi connectivity index (χ3v) is 8.69. The molecule has 0 saturated heterocycles. The molecule has 1 aromatic heterocycles. The molecule has 0 aliphatic rings. The van der Waals surface area contributed by atoms with E-state index in [0.717, 1.165) is 22.6 Å². The molecular weight excluding hydrogens is 546 g/mol. The summed E-state index contributed by atoms with van der Waals surface area (Å²) in [5.41, 5.74) is 3.88. The number of unbranched alkanes of at least 4 members (excludes halogenated alkanes) is 1. The molecule has 0 amide bonds. The van der Waals surface area contributed by atoms with Crippen LogP contribution in [0.2, 0.25) is 5.02 Å². The largest absolute Gasteiger partial charge is 0.469 e. The Balaban J connectivity index is 1.60. The number of carbonyl (C=O) groups is 1. The monoisotopic (exact) mass is 573 g/mol. The van der Waals surface area contributed by atoms with Crippen LogP contribution in [0.1, 0.15) is 19.3 Å². The fraction of sp³-hybridized carbons (Fsp3) is 0.161. The first-order valence-corrected chi connectivity index (χ1v) is 14.7. The Labute approximate surface area is 238 Å². The van der Waals surface area contributed by atoms with E-state index in [0.29, 0.717) is 29.1 Å². The van der Waals surface area contributed by atoms with Crippen molar-refractivity contribution in [2.45, 2.75) is 24.2 Å². The number of sulfonamides is 1. The minimum absolute atomic E-state index is 0.129. The van der Waals surface area contributed by atoms with Crippen molar-refractivity contribution in [1.82, 2.24) is 9.55 Å². The molecule has 0 saturated carbocycles. The predicted molar refractivity (Wildman–Crippen MR) is 158 cm³/mol. The van der Waals surface area contributed by atoms with Gasteiger partial charge in [0.15, 0.2) is 0 Å². The van der Waals surface area contributed by atoms with E-state index in [4.69, 9.17) is 21.3 Å². The summed E-state index contributed by atoms with van der Waals surface area (Å²) < 4.78 is 35.9. The van der Waals surface area contributed by atoms with E-state index in [-0.39, 0.29) is 23.8 Å². The van der Waals surface area contributed by atoms with Gasteiger partial charge in [0, 0.05) is 29.2 Å². The maximum absolute atomic E-state index is 13.8. The number of carbonyl (C=O) groups excluding carboxylic acids is 1. The van der Waals surface area contributed by atoms with E-state index in [1.807, 2.05) is 66.7 Å².